The molecule has 2 heterocycles. The fraction of sp³-hybridized carbons (Fsp3) is 0.133. The van der Waals surface area contributed by atoms with Crippen LogP contribution >= 0.6 is 11.6 Å². The molecule has 0 unspecified atom stereocenters. The van der Waals surface area contributed by atoms with Crippen molar-refractivity contribution in [3.8, 4) is 17.2 Å². The van der Waals surface area contributed by atoms with Crippen molar-refractivity contribution in [1.29, 1.82) is 0 Å². The molecule has 3 rings (SSSR count). The highest BCUT2D eigenvalue weighted by Crippen LogP contribution is 2.31. The second-order valence-electron chi connectivity index (χ2n) is 4.79. The summed E-state index contributed by atoms with van der Waals surface area (Å²) in [5, 5.41) is 0.490. The zero-order valence-corrected chi connectivity index (χ0v) is 12.6. The van der Waals surface area contributed by atoms with Crippen LogP contribution in [0.4, 0.5) is 13.2 Å². The molecule has 0 aliphatic heterocycles. The lowest BCUT2D eigenvalue weighted by atomic mass is 10.1. The van der Waals surface area contributed by atoms with E-state index in [0.29, 0.717) is 16.4 Å². The van der Waals surface area contributed by atoms with Gasteiger partial charge in [-0.05, 0) is 25.1 Å². The summed E-state index contributed by atoms with van der Waals surface area (Å²) in [6, 6.07) is 7.31. The van der Waals surface area contributed by atoms with Gasteiger partial charge in [0.05, 0.1) is 5.69 Å². The number of halogens is 4. The van der Waals surface area contributed by atoms with Crippen LogP contribution < -0.4 is 0 Å². The molecule has 0 spiro atoms. The maximum absolute atomic E-state index is 13.1. The van der Waals surface area contributed by atoms with Crippen LogP contribution in [0, 0.1) is 6.92 Å². The zero-order chi connectivity index (χ0) is 16.6. The van der Waals surface area contributed by atoms with E-state index in [0.717, 1.165) is 6.07 Å². The van der Waals surface area contributed by atoms with Crippen LogP contribution in [0.2, 0.25) is 5.02 Å². The molecule has 0 atom stereocenters. The molecule has 8 heteroatoms. The van der Waals surface area contributed by atoms with E-state index < -0.39 is 11.9 Å². The molecular formula is C15H10ClF3N4. The Balaban J connectivity index is 2.20. The van der Waals surface area contributed by atoms with E-state index in [1.54, 1.807) is 31.2 Å². The molecule has 0 saturated heterocycles. The van der Waals surface area contributed by atoms with E-state index in [4.69, 9.17) is 11.6 Å². The maximum atomic E-state index is 13.1. The van der Waals surface area contributed by atoms with Gasteiger partial charge in [0.25, 0.3) is 0 Å². The lowest BCUT2D eigenvalue weighted by Crippen LogP contribution is -2.13. The van der Waals surface area contributed by atoms with Gasteiger partial charge < -0.3 is 0 Å². The normalized spacial score (nSPS) is 11.7. The lowest BCUT2D eigenvalue weighted by molar-refractivity contribution is -0.141. The Morgan fingerprint density at radius 3 is 2.35 bits per heavy atom. The van der Waals surface area contributed by atoms with Crippen LogP contribution in [0.3, 0.4) is 0 Å². The van der Waals surface area contributed by atoms with E-state index in [2.05, 4.69) is 15.0 Å². The summed E-state index contributed by atoms with van der Waals surface area (Å²) in [6.07, 6.45) is -1.59. The number of imidazole rings is 1. The summed E-state index contributed by atoms with van der Waals surface area (Å²) in [7, 11) is 0. The molecule has 1 aromatic carbocycles. The lowest BCUT2D eigenvalue weighted by Gasteiger charge is -2.11. The third-order valence-corrected chi connectivity index (χ3v) is 3.44. The predicted octanol–water partition coefficient (Wildman–Crippen LogP) is 4.31. The molecule has 4 nitrogen and oxygen atoms in total. The van der Waals surface area contributed by atoms with Crippen molar-refractivity contribution in [2.45, 2.75) is 13.1 Å². The first kappa shape index (κ1) is 15.5. The minimum atomic E-state index is -4.58. The molecule has 118 valence electrons. The van der Waals surface area contributed by atoms with E-state index in [1.807, 2.05) is 0 Å². The molecule has 2 aromatic heterocycles. The summed E-state index contributed by atoms with van der Waals surface area (Å²) in [5.74, 6) is 0.408. The second-order valence-corrected chi connectivity index (χ2v) is 5.22. The Bertz CT molecular complexity index is 841. The van der Waals surface area contributed by atoms with Crippen LogP contribution in [0.5, 0.6) is 0 Å². The highest BCUT2D eigenvalue weighted by molar-refractivity contribution is 6.30. The Kier molecular flexibility index (Phi) is 3.81. The van der Waals surface area contributed by atoms with Gasteiger partial charge in [0.1, 0.15) is 5.82 Å². The van der Waals surface area contributed by atoms with Crippen molar-refractivity contribution < 1.29 is 13.2 Å². The summed E-state index contributed by atoms with van der Waals surface area (Å²) < 4.78 is 40.8. The van der Waals surface area contributed by atoms with E-state index in [1.165, 1.54) is 17.0 Å². The third-order valence-electron chi connectivity index (χ3n) is 3.19. The second kappa shape index (κ2) is 5.66. The van der Waals surface area contributed by atoms with Crippen LogP contribution in [0.25, 0.3) is 17.2 Å². The monoisotopic (exact) mass is 338 g/mol. The van der Waals surface area contributed by atoms with Crippen LogP contribution in [-0.4, -0.2) is 19.5 Å². The Hall–Kier alpha value is -2.41. The van der Waals surface area contributed by atoms with Crippen LogP contribution in [-0.2, 0) is 6.18 Å². The standard InChI is InChI=1S/C15H10ClF3N4/c1-9-20-6-7-23(9)14-21-12(8-13(22-14)15(17,18)19)10-2-4-11(16)5-3-10/h2-8H,1H3. The Labute approximate surface area is 134 Å². The summed E-state index contributed by atoms with van der Waals surface area (Å²) in [4.78, 5) is 11.8. The molecule has 0 aliphatic carbocycles. The fourth-order valence-electron chi connectivity index (χ4n) is 2.05. The zero-order valence-electron chi connectivity index (χ0n) is 11.8. The van der Waals surface area contributed by atoms with E-state index in [9.17, 15) is 13.2 Å². The van der Waals surface area contributed by atoms with Gasteiger partial charge in [-0.3, -0.25) is 4.57 Å². The average Bonchev–Trinajstić information content (AvgIpc) is 2.93. The highest BCUT2D eigenvalue weighted by atomic mass is 35.5. The minimum Gasteiger partial charge on any atom is -0.272 e. The van der Waals surface area contributed by atoms with Gasteiger partial charge in [-0.1, -0.05) is 23.7 Å². The summed E-state index contributed by atoms with van der Waals surface area (Å²) in [5.41, 5.74) is -0.339. The minimum absolute atomic E-state index is 0.0835. The van der Waals surface area contributed by atoms with Crippen molar-refractivity contribution >= 4 is 11.6 Å². The summed E-state index contributed by atoms with van der Waals surface area (Å²) in [6.45, 7) is 1.66. The number of rotatable bonds is 2. The van der Waals surface area contributed by atoms with Gasteiger partial charge in [0, 0.05) is 23.0 Å². The first-order valence-electron chi connectivity index (χ1n) is 6.57. The first-order valence-corrected chi connectivity index (χ1v) is 6.95. The number of alkyl halides is 3. The molecule has 0 aliphatic rings. The molecule has 23 heavy (non-hydrogen) atoms. The SMILES string of the molecule is Cc1nccn1-c1nc(-c2ccc(Cl)cc2)cc(C(F)(F)F)n1. The van der Waals surface area contributed by atoms with Crippen molar-refractivity contribution in [3.63, 3.8) is 0 Å². The van der Waals surface area contributed by atoms with Crippen molar-refractivity contribution in [2.75, 3.05) is 0 Å². The summed E-state index contributed by atoms with van der Waals surface area (Å²) >= 11 is 5.81. The molecular weight excluding hydrogens is 329 g/mol. The number of aryl methyl sites for hydroxylation is 1. The predicted molar refractivity (Wildman–Crippen MR) is 79.3 cm³/mol. The number of hydrogen-bond donors (Lipinski definition) is 0. The van der Waals surface area contributed by atoms with Gasteiger partial charge in [-0.25, -0.2) is 15.0 Å². The van der Waals surface area contributed by atoms with Gasteiger partial charge >= 0.3 is 6.18 Å². The molecule has 0 fully saturated rings. The smallest absolute Gasteiger partial charge is 0.272 e. The topological polar surface area (TPSA) is 43.6 Å². The maximum Gasteiger partial charge on any atom is 0.433 e. The fourth-order valence-corrected chi connectivity index (χ4v) is 2.17. The van der Waals surface area contributed by atoms with Crippen LogP contribution in [0.1, 0.15) is 11.5 Å². The largest absolute Gasteiger partial charge is 0.433 e. The highest BCUT2D eigenvalue weighted by Gasteiger charge is 2.34. The van der Waals surface area contributed by atoms with Crippen molar-refractivity contribution in [1.82, 2.24) is 19.5 Å². The molecule has 0 saturated carbocycles. The molecule has 3 aromatic rings. The van der Waals surface area contributed by atoms with Gasteiger partial charge in [-0.15, -0.1) is 0 Å². The Morgan fingerprint density at radius 1 is 1.09 bits per heavy atom. The van der Waals surface area contributed by atoms with Crippen molar-refractivity contribution in [3.05, 3.63) is 59.3 Å². The number of benzene rings is 1. The first-order chi connectivity index (χ1) is 10.8. The van der Waals surface area contributed by atoms with Crippen LogP contribution in [0.15, 0.2) is 42.7 Å². The average molecular weight is 339 g/mol. The number of nitrogens with zero attached hydrogens (tertiary/aromatic N) is 4. The van der Waals surface area contributed by atoms with Gasteiger partial charge in [0.15, 0.2) is 5.69 Å². The number of hydrogen-bond acceptors (Lipinski definition) is 3. The van der Waals surface area contributed by atoms with Crippen molar-refractivity contribution in [2.24, 2.45) is 0 Å². The number of aromatic nitrogens is 4. The quantitative estimate of drug-likeness (QED) is 0.699. The molecule has 0 N–H and O–H groups in total. The van der Waals surface area contributed by atoms with E-state index >= 15 is 0 Å². The molecule has 0 radical (unpaired) electrons. The Morgan fingerprint density at radius 2 is 1.78 bits per heavy atom. The third kappa shape index (κ3) is 3.19. The molecule has 0 amide bonds. The molecule has 0 bridgehead atoms. The van der Waals surface area contributed by atoms with Gasteiger partial charge in [-0.2, -0.15) is 13.2 Å². The van der Waals surface area contributed by atoms with Gasteiger partial charge in [0.2, 0.25) is 5.95 Å². The van der Waals surface area contributed by atoms with E-state index in [-0.39, 0.29) is 11.6 Å².